The molecule has 2 aliphatic carbocycles. The molecule has 2 N–H and O–H groups in total. The molecule has 0 radical (unpaired) electrons. The SMILES string of the molecule is Cc1ccc2c(c1)C1(c3cc(N)ccc3-c3ccc(C(C)C)cc31)c1cc(C(C)C)ccc1-2. The highest BCUT2D eigenvalue weighted by atomic mass is 14.6. The van der Waals surface area contributed by atoms with E-state index in [1.165, 1.54) is 61.2 Å². The molecule has 0 aromatic heterocycles. The topological polar surface area (TPSA) is 26.0 Å². The van der Waals surface area contributed by atoms with Crippen molar-refractivity contribution >= 4 is 5.69 Å². The van der Waals surface area contributed by atoms with Crippen LogP contribution in [0.15, 0.2) is 72.8 Å². The van der Waals surface area contributed by atoms with Crippen LogP contribution < -0.4 is 5.73 Å². The number of fused-ring (bicyclic) bond motifs is 10. The number of benzene rings is 4. The van der Waals surface area contributed by atoms with Crippen molar-refractivity contribution in [1.82, 2.24) is 0 Å². The molecule has 0 fully saturated rings. The molecular formula is C32H31N. The minimum atomic E-state index is -0.327. The maximum atomic E-state index is 6.44. The summed E-state index contributed by atoms with van der Waals surface area (Å²) in [5.41, 5.74) is 21.9. The van der Waals surface area contributed by atoms with E-state index in [9.17, 15) is 0 Å². The number of nitrogens with two attached hydrogens (primary N) is 1. The zero-order chi connectivity index (χ0) is 23.1. The third kappa shape index (κ3) is 2.60. The average molecular weight is 430 g/mol. The van der Waals surface area contributed by atoms with Gasteiger partial charge < -0.3 is 5.73 Å². The number of hydrogen-bond acceptors (Lipinski definition) is 1. The van der Waals surface area contributed by atoms with Crippen molar-refractivity contribution in [3.8, 4) is 22.3 Å². The standard InChI is InChI=1S/C32H31N/c1-18(2)21-7-11-25-24-10-6-20(5)14-28(24)32(29(25)15-21)30-16-22(19(3)4)8-12-26(30)27-13-9-23(33)17-31(27)32/h6-19H,33H2,1-5H3. The van der Waals surface area contributed by atoms with Crippen molar-refractivity contribution in [2.45, 2.75) is 51.9 Å². The van der Waals surface area contributed by atoms with Gasteiger partial charge >= 0.3 is 0 Å². The first-order valence-electron chi connectivity index (χ1n) is 12.1. The summed E-state index contributed by atoms with van der Waals surface area (Å²) in [4.78, 5) is 0. The number of nitrogen functional groups attached to an aromatic ring is 1. The van der Waals surface area contributed by atoms with E-state index >= 15 is 0 Å². The van der Waals surface area contributed by atoms with E-state index in [-0.39, 0.29) is 5.41 Å². The van der Waals surface area contributed by atoms with Gasteiger partial charge in [-0.1, -0.05) is 93.9 Å². The number of aryl methyl sites for hydroxylation is 1. The molecule has 1 nitrogen and oxygen atoms in total. The van der Waals surface area contributed by atoms with Crippen molar-refractivity contribution in [3.63, 3.8) is 0 Å². The van der Waals surface area contributed by atoms with Gasteiger partial charge in [0.05, 0.1) is 5.41 Å². The second kappa shape index (κ2) is 6.84. The number of hydrogen-bond donors (Lipinski definition) is 1. The van der Waals surface area contributed by atoms with Crippen LogP contribution in [0.5, 0.6) is 0 Å². The molecule has 0 saturated heterocycles. The van der Waals surface area contributed by atoms with Crippen molar-refractivity contribution in [2.75, 3.05) is 5.73 Å². The lowest BCUT2D eigenvalue weighted by Gasteiger charge is -2.32. The van der Waals surface area contributed by atoms with E-state index in [1.54, 1.807) is 0 Å². The van der Waals surface area contributed by atoms with Gasteiger partial charge in [0.1, 0.15) is 0 Å². The van der Waals surface area contributed by atoms with E-state index < -0.39 is 0 Å². The Morgan fingerprint density at radius 2 is 0.970 bits per heavy atom. The highest BCUT2D eigenvalue weighted by molar-refractivity contribution is 5.95. The van der Waals surface area contributed by atoms with Crippen molar-refractivity contribution < 1.29 is 0 Å². The normalized spacial score (nSPS) is 17.4. The first kappa shape index (κ1) is 20.3. The third-order valence-corrected chi connectivity index (χ3v) is 7.84. The molecule has 1 spiro atoms. The van der Waals surface area contributed by atoms with E-state index in [1.807, 2.05) is 0 Å². The maximum absolute atomic E-state index is 6.44. The molecule has 2 aliphatic rings. The molecule has 4 aromatic rings. The quantitative estimate of drug-likeness (QED) is 0.276. The summed E-state index contributed by atoms with van der Waals surface area (Å²) in [6, 6.07) is 27.7. The van der Waals surface area contributed by atoms with Gasteiger partial charge in [0.15, 0.2) is 0 Å². The van der Waals surface area contributed by atoms with Crippen LogP contribution >= 0.6 is 0 Å². The molecule has 0 heterocycles. The third-order valence-electron chi connectivity index (χ3n) is 7.84. The Kier molecular flexibility index (Phi) is 4.21. The Bertz CT molecular complexity index is 1330. The molecular weight excluding hydrogens is 398 g/mol. The van der Waals surface area contributed by atoms with Crippen LogP contribution in [0, 0.1) is 6.92 Å². The van der Waals surface area contributed by atoms with E-state index in [4.69, 9.17) is 5.73 Å². The van der Waals surface area contributed by atoms with Crippen molar-refractivity contribution in [1.29, 1.82) is 0 Å². The predicted octanol–water partition coefficient (Wildman–Crippen LogP) is 8.17. The zero-order valence-corrected chi connectivity index (χ0v) is 20.2. The molecule has 0 bridgehead atoms. The Morgan fingerprint density at radius 3 is 1.48 bits per heavy atom. The van der Waals surface area contributed by atoms with Crippen LogP contribution in [-0.4, -0.2) is 0 Å². The second-order valence-electron chi connectivity index (χ2n) is 10.5. The van der Waals surface area contributed by atoms with E-state index in [0.29, 0.717) is 11.8 Å². The lowest BCUT2D eigenvalue weighted by molar-refractivity contribution is 0.776. The van der Waals surface area contributed by atoms with Gasteiger partial charge in [-0.25, -0.2) is 0 Å². The largest absolute Gasteiger partial charge is 0.399 e. The molecule has 0 saturated carbocycles. The molecule has 6 rings (SSSR count). The van der Waals surface area contributed by atoms with Crippen LogP contribution in [0.25, 0.3) is 22.3 Å². The highest BCUT2D eigenvalue weighted by Gasteiger charge is 2.52. The van der Waals surface area contributed by atoms with Gasteiger partial charge in [-0.2, -0.15) is 0 Å². The van der Waals surface area contributed by atoms with Gasteiger partial charge in [0.2, 0.25) is 0 Å². The van der Waals surface area contributed by atoms with Gasteiger partial charge in [0.25, 0.3) is 0 Å². The highest BCUT2D eigenvalue weighted by Crippen LogP contribution is 2.63. The second-order valence-corrected chi connectivity index (χ2v) is 10.5. The predicted molar refractivity (Wildman–Crippen MR) is 140 cm³/mol. The summed E-state index contributed by atoms with van der Waals surface area (Å²) in [6.45, 7) is 11.3. The van der Waals surface area contributed by atoms with E-state index in [2.05, 4.69) is 107 Å². The first-order valence-corrected chi connectivity index (χ1v) is 12.1. The Labute approximate surface area is 197 Å². The van der Waals surface area contributed by atoms with Crippen LogP contribution in [0.1, 0.15) is 78.5 Å². The molecule has 1 unspecified atom stereocenters. The fourth-order valence-corrected chi connectivity index (χ4v) is 6.11. The fraction of sp³-hybridized carbons (Fsp3) is 0.250. The smallest absolute Gasteiger partial charge is 0.0726 e. The van der Waals surface area contributed by atoms with E-state index in [0.717, 1.165) is 5.69 Å². The van der Waals surface area contributed by atoms with Crippen LogP contribution in [0.4, 0.5) is 5.69 Å². The van der Waals surface area contributed by atoms with Crippen molar-refractivity contribution in [2.24, 2.45) is 0 Å². The molecule has 0 amide bonds. The van der Waals surface area contributed by atoms with Crippen molar-refractivity contribution in [3.05, 3.63) is 112 Å². The van der Waals surface area contributed by atoms with Crippen LogP contribution in [-0.2, 0) is 5.41 Å². The monoisotopic (exact) mass is 429 g/mol. The van der Waals surface area contributed by atoms with Crippen LogP contribution in [0.2, 0.25) is 0 Å². The number of rotatable bonds is 2. The summed E-state index contributed by atoms with van der Waals surface area (Å²) in [6.07, 6.45) is 0. The molecule has 1 atom stereocenters. The van der Waals surface area contributed by atoms with Gasteiger partial charge in [-0.15, -0.1) is 0 Å². The zero-order valence-electron chi connectivity index (χ0n) is 20.2. The average Bonchev–Trinajstić information content (AvgIpc) is 3.24. The molecule has 164 valence electrons. The van der Waals surface area contributed by atoms with Gasteiger partial charge in [-0.3, -0.25) is 0 Å². The first-order chi connectivity index (χ1) is 15.8. The van der Waals surface area contributed by atoms with Gasteiger partial charge in [-0.05, 0) is 86.5 Å². The summed E-state index contributed by atoms with van der Waals surface area (Å²) < 4.78 is 0. The molecule has 33 heavy (non-hydrogen) atoms. The maximum Gasteiger partial charge on any atom is 0.0726 e. The minimum Gasteiger partial charge on any atom is -0.399 e. The molecule has 0 aliphatic heterocycles. The lowest BCUT2D eigenvalue weighted by atomic mass is 9.69. The Morgan fingerprint density at radius 1 is 0.545 bits per heavy atom. The van der Waals surface area contributed by atoms with Crippen LogP contribution in [0.3, 0.4) is 0 Å². The Balaban J connectivity index is 1.83. The summed E-state index contributed by atoms with van der Waals surface area (Å²) in [5.74, 6) is 0.946. The summed E-state index contributed by atoms with van der Waals surface area (Å²) in [5, 5.41) is 0. The minimum absolute atomic E-state index is 0.327. The summed E-state index contributed by atoms with van der Waals surface area (Å²) in [7, 11) is 0. The lowest BCUT2D eigenvalue weighted by Crippen LogP contribution is -2.26. The molecule has 4 aromatic carbocycles. The Hall–Kier alpha value is -3.32. The fourth-order valence-electron chi connectivity index (χ4n) is 6.11. The summed E-state index contributed by atoms with van der Waals surface area (Å²) >= 11 is 0. The number of anilines is 1. The van der Waals surface area contributed by atoms with Gasteiger partial charge in [0, 0.05) is 5.69 Å². The molecule has 1 heteroatoms.